The van der Waals surface area contributed by atoms with Crippen LogP contribution in [0.4, 0.5) is 0 Å². The average molecular weight is 315 g/mol. The van der Waals surface area contributed by atoms with E-state index in [1.165, 1.54) is 0 Å². The first kappa shape index (κ1) is 13.4. The van der Waals surface area contributed by atoms with Crippen LogP contribution in [0.2, 0.25) is 0 Å². The van der Waals surface area contributed by atoms with Crippen molar-refractivity contribution in [2.24, 2.45) is 5.92 Å². The second-order valence-electron chi connectivity index (χ2n) is 4.32. The van der Waals surface area contributed by atoms with E-state index >= 15 is 0 Å². The number of carboxylic acid groups (broad SMARTS) is 1. The number of hydrogen-bond donors (Lipinski definition) is 1. The predicted molar refractivity (Wildman–Crippen MR) is 70.1 cm³/mol. The van der Waals surface area contributed by atoms with E-state index in [2.05, 4.69) is 15.9 Å². The van der Waals surface area contributed by atoms with Gasteiger partial charge in [0.05, 0.1) is 16.6 Å². The zero-order valence-electron chi connectivity index (χ0n) is 9.89. The summed E-state index contributed by atoms with van der Waals surface area (Å²) in [6.07, 6.45) is 2.04. The van der Waals surface area contributed by atoms with Crippen molar-refractivity contribution in [1.29, 1.82) is 0 Å². The smallest absolute Gasteiger partial charge is 0.335 e. The van der Waals surface area contributed by atoms with E-state index in [1.54, 1.807) is 18.2 Å². The highest BCUT2D eigenvalue weighted by molar-refractivity contribution is 9.10. The molecule has 0 amide bonds. The minimum Gasteiger partial charge on any atom is -0.492 e. The van der Waals surface area contributed by atoms with Crippen LogP contribution >= 0.6 is 15.9 Å². The number of rotatable bonds is 4. The summed E-state index contributed by atoms with van der Waals surface area (Å²) < 4.78 is 11.7. The van der Waals surface area contributed by atoms with Gasteiger partial charge in [-0.05, 0) is 52.9 Å². The third kappa shape index (κ3) is 3.46. The highest BCUT2D eigenvalue weighted by Gasteiger charge is 2.15. The maximum atomic E-state index is 10.8. The fourth-order valence-electron chi connectivity index (χ4n) is 1.87. The van der Waals surface area contributed by atoms with Gasteiger partial charge in [0.1, 0.15) is 5.75 Å². The standard InChI is InChI=1S/C13H15BrO4/c14-11-7-10(13(15)16)1-2-12(11)18-8-9-3-5-17-6-4-9/h1-2,7,9H,3-6,8H2,(H,15,16). The lowest BCUT2D eigenvalue weighted by Gasteiger charge is -2.22. The van der Waals surface area contributed by atoms with Crippen LogP contribution in [0.15, 0.2) is 22.7 Å². The molecule has 0 bridgehead atoms. The Balaban J connectivity index is 1.94. The lowest BCUT2D eigenvalue weighted by Crippen LogP contribution is -2.21. The molecule has 1 saturated heterocycles. The van der Waals surface area contributed by atoms with Gasteiger partial charge >= 0.3 is 5.97 Å². The molecule has 0 aliphatic carbocycles. The van der Waals surface area contributed by atoms with Crippen LogP contribution in [-0.4, -0.2) is 30.9 Å². The van der Waals surface area contributed by atoms with Crippen LogP contribution < -0.4 is 4.74 Å². The molecule has 0 spiro atoms. The molecular formula is C13H15BrO4. The molecular weight excluding hydrogens is 300 g/mol. The minimum absolute atomic E-state index is 0.250. The Morgan fingerprint density at radius 3 is 2.78 bits per heavy atom. The second kappa shape index (κ2) is 6.20. The van der Waals surface area contributed by atoms with E-state index in [1.807, 2.05) is 0 Å². The molecule has 1 aliphatic heterocycles. The molecule has 4 nitrogen and oxygen atoms in total. The molecule has 18 heavy (non-hydrogen) atoms. The van der Waals surface area contributed by atoms with Gasteiger partial charge in [0.15, 0.2) is 0 Å². The first-order valence-corrected chi connectivity index (χ1v) is 6.69. The van der Waals surface area contributed by atoms with Gasteiger partial charge in [0, 0.05) is 13.2 Å². The molecule has 2 rings (SSSR count). The summed E-state index contributed by atoms with van der Waals surface area (Å²) in [7, 11) is 0. The van der Waals surface area contributed by atoms with Crippen molar-refractivity contribution in [3.05, 3.63) is 28.2 Å². The van der Waals surface area contributed by atoms with Gasteiger partial charge in [-0.1, -0.05) is 0 Å². The van der Waals surface area contributed by atoms with Gasteiger partial charge in [-0.15, -0.1) is 0 Å². The Kier molecular flexibility index (Phi) is 4.60. The van der Waals surface area contributed by atoms with Crippen molar-refractivity contribution in [2.45, 2.75) is 12.8 Å². The predicted octanol–water partition coefficient (Wildman–Crippen LogP) is 2.95. The van der Waals surface area contributed by atoms with Gasteiger partial charge in [-0.2, -0.15) is 0 Å². The number of benzene rings is 1. The fraction of sp³-hybridized carbons (Fsp3) is 0.462. The van der Waals surface area contributed by atoms with E-state index in [-0.39, 0.29) is 5.56 Å². The quantitative estimate of drug-likeness (QED) is 0.928. The Bertz CT molecular complexity index is 427. The molecule has 1 aromatic carbocycles. The van der Waals surface area contributed by atoms with Crippen molar-refractivity contribution >= 4 is 21.9 Å². The number of aromatic carboxylic acids is 1. The largest absolute Gasteiger partial charge is 0.492 e. The van der Waals surface area contributed by atoms with Gasteiger partial charge < -0.3 is 14.6 Å². The number of carboxylic acids is 1. The highest BCUT2D eigenvalue weighted by Crippen LogP contribution is 2.27. The van der Waals surface area contributed by atoms with Crippen LogP contribution in [0.3, 0.4) is 0 Å². The van der Waals surface area contributed by atoms with Crippen molar-refractivity contribution in [3.8, 4) is 5.75 Å². The Morgan fingerprint density at radius 1 is 1.44 bits per heavy atom. The number of ether oxygens (including phenoxy) is 2. The van der Waals surface area contributed by atoms with Crippen LogP contribution in [0.1, 0.15) is 23.2 Å². The Labute approximate surface area is 114 Å². The monoisotopic (exact) mass is 314 g/mol. The molecule has 1 aromatic rings. The van der Waals surface area contributed by atoms with Gasteiger partial charge in [-0.25, -0.2) is 4.79 Å². The summed E-state index contributed by atoms with van der Waals surface area (Å²) in [5.41, 5.74) is 0.250. The van der Waals surface area contributed by atoms with Crippen molar-refractivity contribution in [1.82, 2.24) is 0 Å². The summed E-state index contributed by atoms with van der Waals surface area (Å²) in [6, 6.07) is 4.79. The third-order valence-electron chi connectivity index (χ3n) is 2.99. The number of hydrogen-bond acceptors (Lipinski definition) is 3. The molecule has 1 aliphatic rings. The van der Waals surface area contributed by atoms with Crippen LogP contribution in [-0.2, 0) is 4.74 Å². The molecule has 0 unspecified atom stereocenters. The van der Waals surface area contributed by atoms with E-state index < -0.39 is 5.97 Å². The molecule has 98 valence electrons. The molecule has 0 saturated carbocycles. The first-order chi connectivity index (χ1) is 8.66. The molecule has 1 fully saturated rings. The minimum atomic E-state index is -0.938. The average Bonchev–Trinajstić information content (AvgIpc) is 2.38. The highest BCUT2D eigenvalue weighted by atomic mass is 79.9. The summed E-state index contributed by atoms with van der Waals surface area (Å²) in [4.78, 5) is 10.8. The molecule has 0 aromatic heterocycles. The van der Waals surface area contributed by atoms with Gasteiger partial charge in [0.2, 0.25) is 0 Å². The normalized spacial score (nSPS) is 16.5. The van der Waals surface area contributed by atoms with Crippen LogP contribution in [0.25, 0.3) is 0 Å². The lowest BCUT2D eigenvalue weighted by molar-refractivity contribution is 0.0496. The first-order valence-electron chi connectivity index (χ1n) is 5.90. The SMILES string of the molecule is O=C(O)c1ccc(OCC2CCOCC2)c(Br)c1. The third-order valence-corrected chi connectivity index (χ3v) is 3.61. The van der Waals surface area contributed by atoms with Crippen molar-refractivity contribution in [2.75, 3.05) is 19.8 Å². The molecule has 0 atom stereocenters. The van der Waals surface area contributed by atoms with E-state index in [0.29, 0.717) is 22.7 Å². The number of carbonyl (C=O) groups is 1. The second-order valence-corrected chi connectivity index (χ2v) is 5.17. The summed E-state index contributed by atoms with van der Waals surface area (Å²) >= 11 is 3.33. The maximum absolute atomic E-state index is 10.8. The van der Waals surface area contributed by atoms with E-state index in [0.717, 1.165) is 26.1 Å². The molecule has 1 heterocycles. The van der Waals surface area contributed by atoms with Crippen LogP contribution in [0.5, 0.6) is 5.75 Å². The topological polar surface area (TPSA) is 55.8 Å². The lowest BCUT2D eigenvalue weighted by atomic mass is 10.0. The summed E-state index contributed by atoms with van der Waals surface area (Å²) in [6.45, 7) is 2.24. The maximum Gasteiger partial charge on any atom is 0.335 e. The van der Waals surface area contributed by atoms with E-state index in [9.17, 15) is 4.79 Å². The fourth-order valence-corrected chi connectivity index (χ4v) is 2.36. The number of halogens is 1. The Hall–Kier alpha value is -1.07. The molecule has 0 radical (unpaired) electrons. The Morgan fingerprint density at radius 2 is 2.17 bits per heavy atom. The van der Waals surface area contributed by atoms with E-state index in [4.69, 9.17) is 14.6 Å². The zero-order chi connectivity index (χ0) is 13.0. The van der Waals surface area contributed by atoms with Gasteiger partial charge in [-0.3, -0.25) is 0 Å². The van der Waals surface area contributed by atoms with Crippen LogP contribution in [0, 0.1) is 5.92 Å². The van der Waals surface area contributed by atoms with Gasteiger partial charge in [0.25, 0.3) is 0 Å². The van der Waals surface area contributed by atoms with Crippen molar-refractivity contribution in [3.63, 3.8) is 0 Å². The zero-order valence-corrected chi connectivity index (χ0v) is 11.5. The summed E-state index contributed by atoms with van der Waals surface area (Å²) in [5, 5.41) is 8.86. The molecule has 1 N–H and O–H groups in total. The summed E-state index contributed by atoms with van der Waals surface area (Å²) in [5.74, 6) is 0.267. The molecule has 5 heteroatoms. The van der Waals surface area contributed by atoms with Crippen molar-refractivity contribution < 1.29 is 19.4 Å².